The number of nitrogens with zero attached hydrogens (tertiary/aromatic N) is 5. The Kier molecular flexibility index (Phi) is 3.96. The quantitative estimate of drug-likeness (QED) is 0.915. The van der Waals surface area contributed by atoms with E-state index < -0.39 is 6.10 Å². The Hall–Kier alpha value is -2.21. The smallest absolute Gasteiger partial charge is 0.225 e. The maximum atomic E-state index is 9.87. The number of aromatic nitrogens is 3. The lowest BCUT2D eigenvalue weighted by molar-refractivity contribution is 0.199. The molecule has 1 aliphatic heterocycles. The maximum absolute atomic E-state index is 9.87. The average molecular weight is 285 g/mol. The molecule has 1 aliphatic rings. The molecule has 2 aromatic rings. The van der Waals surface area contributed by atoms with Crippen molar-refractivity contribution < 1.29 is 5.11 Å². The molecule has 1 saturated heterocycles. The van der Waals surface area contributed by atoms with E-state index in [0.29, 0.717) is 0 Å². The van der Waals surface area contributed by atoms with E-state index in [0.717, 1.165) is 43.5 Å². The summed E-state index contributed by atoms with van der Waals surface area (Å²) >= 11 is 0. The number of hydrogen-bond donors (Lipinski definition) is 1. The van der Waals surface area contributed by atoms with Gasteiger partial charge in [0.1, 0.15) is 5.82 Å². The molecule has 6 nitrogen and oxygen atoms in total. The zero-order valence-corrected chi connectivity index (χ0v) is 12.1. The summed E-state index contributed by atoms with van der Waals surface area (Å²) in [6.07, 6.45) is 4.79. The Balaban J connectivity index is 1.72. The second-order valence-electron chi connectivity index (χ2n) is 5.12. The van der Waals surface area contributed by atoms with E-state index >= 15 is 0 Å². The van der Waals surface area contributed by atoms with Gasteiger partial charge in [0.05, 0.1) is 6.10 Å². The minimum atomic E-state index is -0.510. The van der Waals surface area contributed by atoms with E-state index in [-0.39, 0.29) is 0 Å². The van der Waals surface area contributed by atoms with Crippen LogP contribution in [0.4, 0.5) is 11.8 Å². The van der Waals surface area contributed by atoms with Crippen molar-refractivity contribution in [1.29, 1.82) is 0 Å². The zero-order valence-electron chi connectivity index (χ0n) is 12.1. The molecule has 0 aromatic carbocycles. The van der Waals surface area contributed by atoms with Gasteiger partial charge in [-0.1, -0.05) is 6.07 Å². The topological polar surface area (TPSA) is 65.4 Å². The van der Waals surface area contributed by atoms with Crippen molar-refractivity contribution in [3.05, 3.63) is 42.4 Å². The fourth-order valence-electron chi connectivity index (χ4n) is 2.57. The largest absolute Gasteiger partial charge is 0.389 e. The molecule has 3 heterocycles. The molecule has 0 saturated carbocycles. The Bertz CT molecular complexity index is 582. The first-order chi connectivity index (χ1) is 10.3. The van der Waals surface area contributed by atoms with Crippen molar-refractivity contribution in [2.45, 2.75) is 13.0 Å². The van der Waals surface area contributed by atoms with Crippen LogP contribution in [-0.4, -0.2) is 46.2 Å². The summed E-state index contributed by atoms with van der Waals surface area (Å²) in [5.41, 5.74) is 0.877. The van der Waals surface area contributed by atoms with E-state index in [1.807, 2.05) is 18.2 Å². The van der Waals surface area contributed by atoms with Crippen molar-refractivity contribution in [1.82, 2.24) is 15.0 Å². The second kappa shape index (κ2) is 6.05. The van der Waals surface area contributed by atoms with Crippen LogP contribution in [0, 0.1) is 0 Å². The normalized spacial score (nSPS) is 16.9. The molecule has 0 aliphatic carbocycles. The predicted molar refractivity (Wildman–Crippen MR) is 81.3 cm³/mol. The van der Waals surface area contributed by atoms with Crippen molar-refractivity contribution in [2.24, 2.45) is 0 Å². The van der Waals surface area contributed by atoms with Crippen LogP contribution in [0.3, 0.4) is 0 Å². The third kappa shape index (κ3) is 2.95. The molecular formula is C15H19N5O. The summed E-state index contributed by atoms with van der Waals surface area (Å²) in [7, 11) is 0. The molecule has 110 valence electrons. The highest BCUT2D eigenvalue weighted by Crippen LogP contribution is 2.25. The molecule has 0 spiro atoms. The third-order valence-electron chi connectivity index (χ3n) is 3.68. The van der Waals surface area contributed by atoms with Gasteiger partial charge in [0, 0.05) is 50.3 Å². The molecule has 6 heteroatoms. The first kappa shape index (κ1) is 13.8. The van der Waals surface area contributed by atoms with Gasteiger partial charge in [0.15, 0.2) is 0 Å². The van der Waals surface area contributed by atoms with Crippen LogP contribution in [0.2, 0.25) is 0 Å². The number of rotatable bonds is 3. The number of pyridine rings is 1. The lowest BCUT2D eigenvalue weighted by Crippen LogP contribution is -2.47. The highest BCUT2D eigenvalue weighted by atomic mass is 16.3. The second-order valence-corrected chi connectivity index (χ2v) is 5.12. The zero-order chi connectivity index (χ0) is 14.7. The summed E-state index contributed by atoms with van der Waals surface area (Å²) in [6.45, 7) is 5.15. The van der Waals surface area contributed by atoms with Gasteiger partial charge in [-0.3, -0.25) is 0 Å². The summed E-state index contributed by atoms with van der Waals surface area (Å²) < 4.78 is 0. The molecule has 3 rings (SSSR count). The van der Waals surface area contributed by atoms with E-state index in [4.69, 9.17) is 0 Å². The van der Waals surface area contributed by atoms with Crippen molar-refractivity contribution in [3.63, 3.8) is 0 Å². The number of aliphatic hydroxyl groups excluding tert-OH is 1. The molecule has 1 N–H and O–H groups in total. The van der Waals surface area contributed by atoms with Crippen LogP contribution >= 0.6 is 0 Å². The van der Waals surface area contributed by atoms with Crippen molar-refractivity contribution >= 4 is 11.8 Å². The van der Waals surface area contributed by atoms with Crippen LogP contribution in [0.25, 0.3) is 0 Å². The minimum Gasteiger partial charge on any atom is -0.389 e. The summed E-state index contributed by atoms with van der Waals surface area (Å²) in [5, 5.41) is 9.87. The molecule has 0 bridgehead atoms. The van der Waals surface area contributed by atoms with E-state index in [1.54, 1.807) is 25.5 Å². The summed E-state index contributed by atoms with van der Waals surface area (Å²) in [5.74, 6) is 1.65. The highest BCUT2D eigenvalue weighted by molar-refractivity contribution is 5.49. The van der Waals surface area contributed by atoms with Crippen LogP contribution in [0.5, 0.6) is 0 Å². The molecule has 2 aromatic heterocycles. The van der Waals surface area contributed by atoms with Gasteiger partial charge in [-0.05, 0) is 19.1 Å². The van der Waals surface area contributed by atoms with E-state index in [2.05, 4.69) is 24.8 Å². The number of hydrogen-bond acceptors (Lipinski definition) is 6. The molecule has 0 radical (unpaired) electrons. The lowest BCUT2D eigenvalue weighted by atomic mass is 10.1. The first-order valence-electron chi connectivity index (χ1n) is 7.15. The molecule has 21 heavy (non-hydrogen) atoms. The van der Waals surface area contributed by atoms with Gasteiger partial charge >= 0.3 is 0 Å². The Morgan fingerprint density at radius 3 is 2.24 bits per heavy atom. The lowest BCUT2D eigenvalue weighted by Gasteiger charge is -2.36. The average Bonchev–Trinajstić information content (AvgIpc) is 2.56. The molecular weight excluding hydrogens is 266 g/mol. The van der Waals surface area contributed by atoms with Crippen molar-refractivity contribution in [2.75, 3.05) is 36.0 Å². The highest BCUT2D eigenvalue weighted by Gasteiger charge is 2.22. The van der Waals surface area contributed by atoms with Gasteiger partial charge in [-0.2, -0.15) is 0 Å². The fraction of sp³-hybridized carbons (Fsp3) is 0.400. The van der Waals surface area contributed by atoms with Gasteiger partial charge in [-0.15, -0.1) is 0 Å². The number of aliphatic hydroxyl groups is 1. The monoisotopic (exact) mass is 285 g/mol. The van der Waals surface area contributed by atoms with Crippen molar-refractivity contribution in [3.8, 4) is 0 Å². The van der Waals surface area contributed by atoms with Crippen LogP contribution in [-0.2, 0) is 0 Å². The van der Waals surface area contributed by atoms with Gasteiger partial charge in [-0.25, -0.2) is 15.0 Å². The molecule has 0 unspecified atom stereocenters. The van der Waals surface area contributed by atoms with Crippen LogP contribution in [0.1, 0.15) is 18.6 Å². The Morgan fingerprint density at radius 1 is 0.952 bits per heavy atom. The fourth-order valence-corrected chi connectivity index (χ4v) is 2.57. The summed E-state index contributed by atoms with van der Waals surface area (Å²) in [4.78, 5) is 17.4. The van der Waals surface area contributed by atoms with E-state index in [1.165, 1.54) is 0 Å². The predicted octanol–water partition coefficient (Wildman–Crippen LogP) is 1.25. The Morgan fingerprint density at radius 2 is 1.57 bits per heavy atom. The third-order valence-corrected chi connectivity index (χ3v) is 3.68. The van der Waals surface area contributed by atoms with Crippen LogP contribution in [0.15, 0.2) is 36.8 Å². The van der Waals surface area contributed by atoms with Gasteiger partial charge in [0.2, 0.25) is 5.95 Å². The standard InChI is InChI=1S/C15H19N5O/c1-12(21)13-4-2-5-16-14(13)19-8-10-20(11-9-19)15-17-6-3-7-18-15/h2-7,12,21H,8-11H2,1H3/t12-/m1/s1. The SMILES string of the molecule is C[C@@H](O)c1cccnc1N1CCN(c2ncccn2)CC1. The first-order valence-corrected chi connectivity index (χ1v) is 7.15. The van der Waals surface area contributed by atoms with E-state index in [9.17, 15) is 5.11 Å². The number of anilines is 2. The minimum absolute atomic E-state index is 0.510. The maximum Gasteiger partial charge on any atom is 0.225 e. The molecule has 1 atom stereocenters. The summed E-state index contributed by atoms with van der Waals surface area (Å²) in [6, 6.07) is 5.61. The molecule has 1 fully saturated rings. The molecule has 0 amide bonds. The van der Waals surface area contributed by atoms with Gasteiger partial charge in [0.25, 0.3) is 0 Å². The van der Waals surface area contributed by atoms with Crippen LogP contribution < -0.4 is 9.80 Å². The van der Waals surface area contributed by atoms with Gasteiger partial charge < -0.3 is 14.9 Å². The Labute approximate surface area is 124 Å². The number of piperazine rings is 1.